The van der Waals surface area contributed by atoms with E-state index in [9.17, 15) is 9.59 Å². The molecule has 0 fully saturated rings. The number of ether oxygens (including phenoxy) is 4. The van der Waals surface area contributed by atoms with Crippen molar-refractivity contribution in [2.75, 3.05) is 33.2 Å². The lowest BCUT2D eigenvalue weighted by Gasteiger charge is -2.21. The molecule has 8 nitrogen and oxygen atoms in total. The topological polar surface area (TPSA) is 95.1 Å². The number of hydrogen-bond donors (Lipinski definition) is 2. The van der Waals surface area contributed by atoms with Gasteiger partial charge in [-0.2, -0.15) is 0 Å². The molecule has 180 valence electrons. The molecule has 0 unspecified atom stereocenters. The van der Waals surface area contributed by atoms with E-state index >= 15 is 0 Å². The quantitative estimate of drug-likeness (QED) is 0.478. The van der Waals surface area contributed by atoms with E-state index in [0.29, 0.717) is 52.8 Å². The van der Waals surface area contributed by atoms with Gasteiger partial charge in [0.15, 0.2) is 23.0 Å². The van der Waals surface area contributed by atoms with Crippen molar-refractivity contribution in [3.05, 3.63) is 83.1 Å². The van der Waals surface area contributed by atoms with Crippen LogP contribution in [0.15, 0.2) is 66.4 Å². The predicted octanol–water partition coefficient (Wildman–Crippen LogP) is 4.06. The van der Waals surface area contributed by atoms with E-state index in [1.165, 1.54) is 0 Å². The van der Waals surface area contributed by atoms with Crippen molar-refractivity contribution in [1.29, 1.82) is 0 Å². The first kappa shape index (κ1) is 23.7. The summed E-state index contributed by atoms with van der Waals surface area (Å²) in [4.78, 5) is 25.3. The number of amides is 2. The van der Waals surface area contributed by atoms with E-state index in [1.54, 1.807) is 51.7 Å². The molecular formula is C27H26N2O6. The lowest BCUT2D eigenvalue weighted by atomic mass is 10.1. The van der Waals surface area contributed by atoms with Crippen molar-refractivity contribution in [1.82, 2.24) is 5.32 Å². The molecule has 3 aromatic carbocycles. The third kappa shape index (κ3) is 5.38. The molecule has 2 N–H and O–H groups in total. The molecule has 0 spiro atoms. The summed E-state index contributed by atoms with van der Waals surface area (Å²) in [7, 11) is 4.73. The highest BCUT2D eigenvalue weighted by molar-refractivity contribution is 6.09. The number of hydrogen-bond acceptors (Lipinski definition) is 6. The van der Waals surface area contributed by atoms with Crippen molar-refractivity contribution in [2.45, 2.75) is 6.42 Å². The van der Waals surface area contributed by atoms with Crippen LogP contribution in [-0.4, -0.2) is 39.7 Å². The Hall–Kier alpha value is -4.46. The Bertz CT molecular complexity index is 1280. The zero-order chi connectivity index (χ0) is 24.8. The lowest BCUT2D eigenvalue weighted by Crippen LogP contribution is -2.27. The first-order valence-electron chi connectivity index (χ1n) is 11.0. The van der Waals surface area contributed by atoms with Crippen LogP contribution in [0, 0.1) is 0 Å². The number of para-hydroxylation sites is 1. The number of anilines is 1. The Balaban J connectivity index is 1.41. The first-order valence-corrected chi connectivity index (χ1v) is 11.0. The standard InChI is InChI=1S/C27H26N2O6/c1-32-21-7-5-4-6-18(21)16-25-27(31)29-20-15-19(9-11-22(20)35-25)26(30)28-13-12-17-8-10-23(33-2)24(14-17)34-3/h4-11,14-16H,12-13H2,1-3H3,(H,28,30)(H,29,31)/b25-16-. The van der Waals surface area contributed by atoms with Gasteiger partial charge in [0.05, 0.1) is 27.0 Å². The molecule has 0 saturated heterocycles. The van der Waals surface area contributed by atoms with Gasteiger partial charge in [0.1, 0.15) is 5.75 Å². The molecule has 0 atom stereocenters. The molecule has 1 heterocycles. The molecule has 4 rings (SSSR count). The van der Waals surface area contributed by atoms with Gasteiger partial charge in [-0.3, -0.25) is 9.59 Å². The molecule has 0 saturated carbocycles. The van der Waals surface area contributed by atoms with E-state index in [4.69, 9.17) is 18.9 Å². The van der Waals surface area contributed by atoms with Gasteiger partial charge in [0, 0.05) is 17.7 Å². The van der Waals surface area contributed by atoms with E-state index in [1.807, 2.05) is 36.4 Å². The summed E-state index contributed by atoms with van der Waals surface area (Å²) in [5.74, 6) is 1.84. The maximum Gasteiger partial charge on any atom is 0.291 e. The third-order valence-corrected chi connectivity index (χ3v) is 5.51. The summed E-state index contributed by atoms with van der Waals surface area (Å²) >= 11 is 0. The highest BCUT2D eigenvalue weighted by Gasteiger charge is 2.23. The predicted molar refractivity (Wildman–Crippen MR) is 132 cm³/mol. The number of benzene rings is 3. The van der Waals surface area contributed by atoms with Crippen molar-refractivity contribution in [3.8, 4) is 23.0 Å². The highest BCUT2D eigenvalue weighted by atomic mass is 16.5. The van der Waals surface area contributed by atoms with Gasteiger partial charge in [-0.15, -0.1) is 0 Å². The molecule has 8 heteroatoms. The van der Waals surface area contributed by atoms with Crippen LogP contribution in [0.25, 0.3) is 6.08 Å². The minimum Gasteiger partial charge on any atom is -0.496 e. The van der Waals surface area contributed by atoms with E-state index in [0.717, 1.165) is 5.56 Å². The zero-order valence-corrected chi connectivity index (χ0v) is 19.7. The zero-order valence-electron chi connectivity index (χ0n) is 19.7. The van der Waals surface area contributed by atoms with E-state index in [-0.39, 0.29) is 11.7 Å². The normalized spacial score (nSPS) is 13.3. The molecule has 1 aliphatic heterocycles. The summed E-state index contributed by atoms with van der Waals surface area (Å²) < 4.78 is 21.7. The Morgan fingerprint density at radius 1 is 0.943 bits per heavy atom. The number of carbonyl (C=O) groups excluding carboxylic acids is 2. The van der Waals surface area contributed by atoms with E-state index in [2.05, 4.69) is 10.6 Å². The Morgan fingerprint density at radius 3 is 2.49 bits per heavy atom. The highest BCUT2D eigenvalue weighted by Crippen LogP contribution is 2.33. The number of carbonyl (C=O) groups is 2. The van der Waals surface area contributed by atoms with Crippen LogP contribution in [-0.2, 0) is 11.2 Å². The monoisotopic (exact) mass is 474 g/mol. The second-order valence-electron chi connectivity index (χ2n) is 7.71. The Morgan fingerprint density at radius 2 is 1.71 bits per heavy atom. The third-order valence-electron chi connectivity index (χ3n) is 5.51. The summed E-state index contributed by atoms with van der Waals surface area (Å²) in [6.45, 7) is 0.431. The lowest BCUT2D eigenvalue weighted by molar-refractivity contribution is -0.115. The fourth-order valence-electron chi connectivity index (χ4n) is 3.69. The Kier molecular flexibility index (Phi) is 7.21. The SMILES string of the molecule is COc1ccccc1/C=C1\Oc2ccc(C(=O)NCCc3ccc(OC)c(OC)c3)cc2NC1=O. The number of rotatable bonds is 8. The number of nitrogens with one attached hydrogen (secondary N) is 2. The molecule has 2 amide bonds. The molecule has 0 aliphatic carbocycles. The molecule has 0 bridgehead atoms. The van der Waals surface area contributed by atoms with Gasteiger partial charge in [-0.25, -0.2) is 0 Å². The van der Waals surface area contributed by atoms with Crippen LogP contribution in [0.1, 0.15) is 21.5 Å². The maximum absolute atomic E-state index is 12.7. The molecule has 1 aliphatic rings. The van der Waals surface area contributed by atoms with Gasteiger partial charge in [-0.1, -0.05) is 24.3 Å². The number of fused-ring (bicyclic) bond motifs is 1. The summed E-state index contributed by atoms with van der Waals surface area (Å²) in [5.41, 5.74) is 2.56. The van der Waals surface area contributed by atoms with Gasteiger partial charge >= 0.3 is 0 Å². The second kappa shape index (κ2) is 10.6. The summed E-state index contributed by atoms with van der Waals surface area (Å²) in [5, 5.41) is 5.69. The molecule has 35 heavy (non-hydrogen) atoms. The Labute approximate surface area is 203 Å². The fraction of sp³-hybridized carbons (Fsp3) is 0.185. The molecule has 0 radical (unpaired) electrons. The van der Waals surface area contributed by atoms with Crippen LogP contribution in [0.5, 0.6) is 23.0 Å². The van der Waals surface area contributed by atoms with Crippen LogP contribution in [0.2, 0.25) is 0 Å². The van der Waals surface area contributed by atoms with Crippen molar-refractivity contribution >= 4 is 23.6 Å². The van der Waals surface area contributed by atoms with E-state index < -0.39 is 5.91 Å². The van der Waals surface area contributed by atoms with Gasteiger partial charge in [0.2, 0.25) is 0 Å². The average Bonchev–Trinajstić information content (AvgIpc) is 2.88. The van der Waals surface area contributed by atoms with Gasteiger partial charge in [-0.05, 0) is 54.5 Å². The van der Waals surface area contributed by atoms with Crippen molar-refractivity contribution in [2.24, 2.45) is 0 Å². The van der Waals surface area contributed by atoms with Crippen molar-refractivity contribution < 1.29 is 28.5 Å². The van der Waals surface area contributed by atoms with Crippen LogP contribution < -0.4 is 29.6 Å². The van der Waals surface area contributed by atoms with Gasteiger partial charge in [0.25, 0.3) is 11.8 Å². The molecule has 3 aromatic rings. The molecular weight excluding hydrogens is 448 g/mol. The number of methoxy groups -OCH3 is 3. The fourth-order valence-corrected chi connectivity index (χ4v) is 3.69. The first-order chi connectivity index (χ1) is 17.0. The smallest absolute Gasteiger partial charge is 0.291 e. The summed E-state index contributed by atoms with van der Waals surface area (Å²) in [6.07, 6.45) is 2.24. The van der Waals surface area contributed by atoms with Crippen LogP contribution in [0.4, 0.5) is 5.69 Å². The van der Waals surface area contributed by atoms with Crippen molar-refractivity contribution in [3.63, 3.8) is 0 Å². The summed E-state index contributed by atoms with van der Waals surface area (Å²) in [6, 6.07) is 17.9. The van der Waals surface area contributed by atoms with Crippen LogP contribution >= 0.6 is 0 Å². The largest absolute Gasteiger partial charge is 0.496 e. The van der Waals surface area contributed by atoms with Crippen LogP contribution in [0.3, 0.4) is 0 Å². The minimum absolute atomic E-state index is 0.133. The molecule has 0 aromatic heterocycles. The average molecular weight is 475 g/mol. The minimum atomic E-state index is -0.408. The van der Waals surface area contributed by atoms with Gasteiger partial charge < -0.3 is 29.6 Å². The maximum atomic E-state index is 12.7. The second-order valence-corrected chi connectivity index (χ2v) is 7.71.